The van der Waals surface area contributed by atoms with E-state index in [9.17, 15) is 4.79 Å². The van der Waals surface area contributed by atoms with Crippen molar-refractivity contribution in [2.75, 3.05) is 19.7 Å². The Morgan fingerprint density at radius 1 is 1.72 bits per heavy atom. The number of nitrogens with zero attached hydrogens (tertiary/aromatic N) is 1. The number of nitrogens with one attached hydrogen (secondary N) is 2. The Morgan fingerprint density at radius 2 is 2.50 bits per heavy atom. The van der Waals surface area contributed by atoms with Gasteiger partial charge in [0, 0.05) is 25.9 Å². The minimum Gasteiger partial charge on any atom is -0.392 e. The van der Waals surface area contributed by atoms with Gasteiger partial charge in [-0.3, -0.25) is 4.79 Å². The molecule has 0 bridgehead atoms. The maximum atomic E-state index is 11.6. The Bertz CT molecular complexity index is 341. The highest BCUT2D eigenvalue weighted by atomic mass is 16.5. The third kappa shape index (κ3) is 5.17. The van der Waals surface area contributed by atoms with Crippen LogP contribution in [0.2, 0.25) is 0 Å². The van der Waals surface area contributed by atoms with Gasteiger partial charge in [0.05, 0.1) is 12.2 Å². The molecule has 0 saturated carbocycles. The van der Waals surface area contributed by atoms with Crippen molar-refractivity contribution in [2.24, 2.45) is 0 Å². The number of nitriles is 1. The van der Waals surface area contributed by atoms with Gasteiger partial charge in [0.1, 0.15) is 11.6 Å². The molecule has 6 nitrogen and oxygen atoms in total. The van der Waals surface area contributed by atoms with Crippen molar-refractivity contribution in [2.45, 2.75) is 32.0 Å². The third-order valence-corrected chi connectivity index (χ3v) is 2.54. The molecule has 3 N–H and O–H groups in total. The molecule has 1 aliphatic heterocycles. The molecular formula is C12H19N3O3. The molecule has 0 radical (unpaired) electrons. The van der Waals surface area contributed by atoms with E-state index >= 15 is 0 Å². The fraction of sp³-hybridized carbons (Fsp3) is 0.667. The minimum atomic E-state index is -0.531. The zero-order chi connectivity index (χ0) is 13.4. The molecule has 1 saturated heterocycles. The molecule has 0 aromatic carbocycles. The van der Waals surface area contributed by atoms with E-state index in [1.807, 2.05) is 6.07 Å². The van der Waals surface area contributed by atoms with E-state index in [0.717, 1.165) is 19.4 Å². The number of aliphatic hydroxyl groups is 1. The van der Waals surface area contributed by atoms with Crippen molar-refractivity contribution in [1.82, 2.24) is 10.6 Å². The number of rotatable bonds is 6. The molecule has 1 fully saturated rings. The van der Waals surface area contributed by atoms with Crippen LogP contribution < -0.4 is 10.6 Å². The lowest BCUT2D eigenvalue weighted by Gasteiger charge is -2.10. The van der Waals surface area contributed by atoms with Gasteiger partial charge in [0.2, 0.25) is 0 Å². The van der Waals surface area contributed by atoms with Crippen molar-refractivity contribution in [1.29, 1.82) is 5.26 Å². The molecule has 100 valence electrons. The summed E-state index contributed by atoms with van der Waals surface area (Å²) in [6.45, 7) is 3.07. The normalized spacial score (nSPS) is 21.2. The smallest absolute Gasteiger partial charge is 0.263 e. The van der Waals surface area contributed by atoms with Crippen LogP contribution >= 0.6 is 0 Å². The number of ether oxygens (including phenoxy) is 1. The Morgan fingerprint density at radius 3 is 3.06 bits per heavy atom. The first kappa shape index (κ1) is 14.5. The molecule has 0 aromatic heterocycles. The molecule has 0 aliphatic carbocycles. The second-order valence-corrected chi connectivity index (χ2v) is 4.27. The van der Waals surface area contributed by atoms with Gasteiger partial charge in [-0.05, 0) is 19.8 Å². The molecule has 0 spiro atoms. The van der Waals surface area contributed by atoms with E-state index in [2.05, 4.69) is 10.6 Å². The van der Waals surface area contributed by atoms with Crippen LogP contribution in [0.25, 0.3) is 0 Å². The van der Waals surface area contributed by atoms with E-state index in [4.69, 9.17) is 15.1 Å². The Balaban J connectivity index is 2.34. The van der Waals surface area contributed by atoms with Crippen molar-refractivity contribution < 1.29 is 14.6 Å². The summed E-state index contributed by atoms with van der Waals surface area (Å²) in [7, 11) is 0. The number of aliphatic hydroxyl groups excluding tert-OH is 1. The van der Waals surface area contributed by atoms with Crippen molar-refractivity contribution >= 4 is 5.91 Å². The summed E-state index contributed by atoms with van der Waals surface area (Å²) >= 11 is 0. The summed E-state index contributed by atoms with van der Waals surface area (Å²) in [5, 5.41) is 23.2. The van der Waals surface area contributed by atoms with Crippen LogP contribution in [0, 0.1) is 11.3 Å². The monoisotopic (exact) mass is 253 g/mol. The highest BCUT2D eigenvalue weighted by Gasteiger charge is 2.17. The molecule has 1 aliphatic rings. The van der Waals surface area contributed by atoms with Crippen molar-refractivity contribution in [3.8, 4) is 6.07 Å². The van der Waals surface area contributed by atoms with Crippen molar-refractivity contribution in [3.05, 3.63) is 11.8 Å². The lowest BCUT2D eigenvalue weighted by Crippen LogP contribution is -2.33. The predicted molar refractivity (Wildman–Crippen MR) is 65.4 cm³/mol. The summed E-state index contributed by atoms with van der Waals surface area (Å²) in [4.78, 5) is 11.6. The average molecular weight is 253 g/mol. The zero-order valence-electron chi connectivity index (χ0n) is 10.5. The molecule has 2 unspecified atom stereocenters. The molecule has 18 heavy (non-hydrogen) atoms. The van der Waals surface area contributed by atoms with E-state index in [1.54, 1.807) is 6.92 Å². The number of hydrogen-bond donors (Lipinski definition) is 3. The lowest BCUT2D eigenvalue weighted by molar-refractivity contribution is -0.117. The number of amides is 1. The molecule has 6 heteroatoms. The third-order valence-electron chi connectivity index (χ3n) is 2.54. The van der Waals surface area contributed by atoms with Gasteiger partial charge in [0.25, 0.3) is 5.91 Å². The second kappa shape index (κ2) is 7.69. The predicted octanol–water partition coefficient (Wildman–Crippen LogP) is -0.341. The summed E-state index contributed by atoms with van der Waals surface area (Å²) in [5.41, 5.74) is -0.00588. The van der Waals surface area contributed by atoms with Gasteiger partial charge in [-0.1, -0.05) is 0 Å². The molecule has 0 aromatic rings. The summed E-state index contributed by atoms with van der Waals surface area (Å²) in [6, 6.07) is 1.82. The largest absolute Gasteiger partial charge is 0.392 e. The summed E-state index contributed by atoms with van der Waals surface area (Å²) < 4.78 is 5.36. The first-order valence-corrected chi connectivity index (χ1v) is 6.05. The van der Waals surface area contributed by atoms with Crippen LogP contribution in [-0.4, -0.2) is 42.9 Å². The lowest BCUT2D eigenvalue weighted by atomic mass is 10.2. The molecule has 1 heterocycles. The van der Waals surface area contributed by atoms with Crippen LogP contribution in [0.1, 0.15) is 19.8 Å². The second-order valence-electron chi connectivity index (χ2n) is 4.27. The molecule has 1 amide bonds. The van der Waals surface area contributed by atoms with Gasteiger partial charge in [-0.15, -0.1) is 0 Å². The van der Waals surface area contributed by atoms with Crippen LogP contribution in [0.5, 0.6) is 0 Å². The standard InChI is InChI=1S/C12H19N3O3/c1-9(16)6-14-7-10(5-13)12(17)15-8-11-3-2-4-18-11/h7,9,11,14,16H,2-4,6,8H2,1H3,(H,15,17)/b10-7-. The molecular weight excluding hydrogens is 234 g/mol. The van der Waals surface area contributed by atoms with E-state index < -0.39 is 12.0 Å². The van der Waals surface area contributed by atoms with Crippen LogP contribution in [0.3, 0.4) is 0 Å². The van der Waals surface area contributed by atoms with Gasteiger partial charge in [-0.2, -0.15) is 5.26 Å². The fourth-order valence-electron chi connectivity index (χ4n) is 1.59. The van der Waals surface area contributed by atoms with Gasteiger partial charge >= 0.3 is 0 Å². The maximum Gasteiger partial charge on any atom is 0.263 e. The quantitative estimate of drug-likeness (QED) is 0.445. The average Bonchev–Trinajstić information content (AvgIpc) is 2.84. The van der Waals surface area contributed by atoms with E-state index in [0.29, 0.717) is 13.1 Å². The minimum absolute atomic E-state index is 0.00588. The number of carbonyl (C=O) groups is 1. The van der Waals surface area contributed by atoms with Gasteiger partial charge in [-0.25, -0.2) is 0 Å². The van der Waals surface area contributed by atoms with Crippen molar-refractivity contribution in [3.63, 3.8) is 0 Å². The summed E-state index contributed by atoms with van der Waals surface area (Å²) in [6.07, 6.45) is 2.79. The van der Waals surface area contributed by atoms with Crippen LogP contribution in [0.15, 0.2) is 11.8 Å². The van der Waals surface area contributed by atoms with E-state index in [1.165, 1.54) is 6.20 Å². The zero-order valence-corrected chi connectivity index (χ0v) is 10.5. The first-order chi connectivity index (χ1) is 8.63. The number of hydrogen-bond acceptors (Lipinski definition) is 5. The van der Waals surface area contributed by atoms with Crippen LogP contribution in [-0.2, 0) is 9.53 Å². The van der Waals surface area contributed by atoms with Gasteiger partial charge in [0.15, 0.2) is 0 Å². The van der Waals surface area contributed by atoms with E-state index in [-0.39, 0.29) is 11.7 Å². The molecule has 2 atom stereocenters. The topological polar surface area (TPSA) is 94.4 Å². The molecule has 1 rings (SSSR count). The Labute approximate surface area is 107 Å². The number of carbonyl (C=O) groups excluding carboxylic acids is 1. The summed E-state index contributed by atoms with van der Waals surface area (Å²) in [5.74, 6) is -0.425. The highest BCUT2D eigenvalue weighted by molar-refractivity contribution is 5.97. The Kier molecular flexibility index (Phi) is 6.19. The SMILES string of the molecule is CC(O)CN/C=C(/C#N)C(=O)NCC1CCCO1. The fourth-order valence-corrected chi connectivity index (χ4v) is 1.59. The Hall–Kier alpha value is -1.58. The van der Waals surface area contributed by atoms with Crippen LogP contribution in [0.4, 0.5) is 0 Å². The van der Waals surface area contributed by atoms with Gasteiger partial charge < -0.3 is 20.5 Å². The maximum absolute atomic E-state index is 11.6. The highest BCUT2D eigenvalue weighted by Crippen LogP contribution is 2.10. The first-order valence-electron chi connectivity index (χ1n) is 6.05.